The Morgan fingerprint density at radius 2 is 1.95 bits per heavy atom. The van der Waals surface area contributed by atoms with Gasteiger partial charge in [0, 0.05) is 34.6 Å². The Labute approximate surface area is 232 Å². The second kappa shape index (κ2) is 8.92. The molecule has 210 valence electrons. The van der Waals surface area contributed by atoms with Gasteiger partial charge in [-0.05, 0) is 58.8 Å². The highest BCUT2D eigenvalue weighted by atomic mass is 79.9. The van der Waals surface area contributed by atoms with Gasteiger partial charge in [0.15, 0.2) is 5.78 Å². The van der Waals surface area contributed by atoms with Crippen LogP contribution in [0.1, 0.15) is 60.0 Å². The molecule has 3 N–H and O–H groups in total. The third-order valence-electron chi connectivity index (χ3n) is 8.29. The number of aliphatic hydroxyl groups excluding tert-OH is 1. The van der Waals surface area contributed by atoms with E-state index < -0.39 is 47.0 Å². The first kappa shape index (κ1) is 27.0. The molecule has 1 amide bonds. The monoisotopic (exact) mass is 623 g/mol. The van der Waals surface area contributed by atoms with Crippen LogP contribution in [0.4, 0.5) is 17.6 Å². The quantitative estimate of drug-likeness (QED) is 0.301. The molecule has 2 aliphatic carbocycles. The predicted molar refractivity (Wildman–Crippen MR) is 137 cm³/mol. The van der Waals surface area contributed by atoms with E-state index in [1.807, 2.05) is 0 Å². The molecular weight excluding hydrogens is 602 g/mol. The first-order valence-electron chi connectivity index (χ1n) is 12.7. The number of aromatic nitrogens is 2. The summed E-state index contributed by atoms with van der Waals surface area (Å²) in [5.41, 5.74) is 0.229. The molecule has 13 heteroatoms. The maximum Gasteiger partial charge on any atom is 0.423 e. The topological polar surface area (TPSA) is 122 Å². The van der Waals surface area contributed by atoms with E-state index in [-0.39, 0.29) is 65.6 Å². The second-order valence-electron chi connectivity index (χ2n) is 10.4. The van der Waals surface area contributed by atoms with Crippen LogP contribution in [0, 0.1) is 5.82 Å². The maximum absolute atomic E-state index is 14.9. The van der Waals surface area contributed by atoms with Gasteiger partial charge in [0.05, 0.1) is 34.0 Å². The van der Waals surface area contributed by atoms with Crippen molar-refractivity contribution in [1.29, 1.82) is 0 Å². The number of nitrogens with zero attached hydrogens (tertiary/aromatic N) is 2. The molecule has 8 nitrogen and oxygen atoms in total. The van der Waals surface area contributed by atoms with Crippen molar-refractivity contribution in [3.63, 3.8) is 0 Å². The van der Waals surface area contributed by atoms with Crippen molar-refractivity contribution in [3.05, 3.63) is 60.6 Å². The second-order valence-corrected chi connectivity index (χ2v) is 11.2. The Morgan fingerprint density at radius 3 is 2.62 bits per heavy atom. The van der Waals surface area contributed by atoms with E-state index in [0.717, 1.165) is 6.07 Å². The van der Waals surface area contributed by atoms with Crippen molar-refractivity contribution in [2.75, 3.05) is 0 Å². The molecule has 3 heterocycles. The van der Waals surface area contributed by atoms with Gasteiger partial charge >= 0.3 is 6.18 Å². The summed E-state index contributed by atoms with van der Waals surface area (Å²) in [7, 11) is 0. The van der Waals surface area contributed by atoms with Crippen LogP contribution in [0.15, 0.2) is 21.4 Å². The number of aliphatic hydroxyl groups is 2. The Kier molecular flexibility index (Phi) is 6.03. The Morgan fingerprint density at radius 1 is 1.23 bits per heavy atom. The minimum Gasteiger partial charge on any atom is -0.377 e. The molecular formula is C27H22BrF4N3O5. The van der Waals surface area contributed by atoms with Gasteiger partial charge in [-0.15, -0.1) is 0 Å². The standard InChI is InChI=1S/C27H22BrF4N3O5/c1-2-26(40)13-7-17-22-12(9-35(17)25(39)10(13)4-6-18(26)36)20-15(34-24(38)23(37)27(30,31)32)5-3-11-19(20)16(33-22)8-14(29)21(11)28/h7-8,15,23,37,40H,2-6,9H2,1H3,(H,34,38)/t15-,23?,26+/m1/s1. The summed E-state index contributed by atoms with van der Waals surface area (Å²) < 4.78 is 55.7. The molecule has 6 rings (SSSR count). The number of alkyl halides is 3. The summed E-state index contributed by atoms with van der Waals surface area (Å²) in [6, 6.07) is 1.70. The summed E-state index contributed by atoms with van der Waals surface area (Å²) in [4.78, 5) is 43.4. The molecule has 1 unspecified atom stereocenters. The molecule has 0 spiro atoms. The molecule has 0 saturated heterocycles. The number of aryl methyl sites for hydroxylation is 1. The summed E-state index contributed by atoms with van der Waals surface area (Å²) in [5, 5.41) is 23.5. The Hall–Kier alpha value is -3.16. The lowest BCUT2D eigenvalue weighted by Crippen LogP contribution is -2.45. The summed E-state index contributed by atoms with van der Waals surface area (Å²) in [5.74, 6) is -2.65. The average molecular weight is 624 g/mol. The number of halogens is 5. The Balaban J connectivity index is 1.60. The number of amides is 1. The van der Waals surface area contributed by atoms with E-state index in [1.54, 1.807) is 6.92 Å². The minimum atomic E-state index is -5.17. The van der Waals surface area contributed by atoms with Gasteiger partial charge < -0.3 is 20.1 Å². The summed E-state index contributed by atoms with van der Waals surface area (Å²) in [6.45, 7) is 1.60. The molecule has 0 saturated carbocycles. The molecule has 0 radical (unpaired) electrons. The first-order chi connectivity index (χ1) is 18.8. The molecule has 0 bridgehead atoms. The van der Waals surface area contributed by atoms with Crippen LogP contribution in [-0.4, -0.2) is 43.7 Å². The number of Topliss-reactive ketones (excluding diaryl/α,β-unsaturated/α-hetero) is 1. The zero-order valence-corrected chi connectivity index (χ0v) is 22.5. The number of carbonyl (C=O) groups excluding carboxylic acids is 2. The number of nitrogens with one attached hydrogen (secondary N) is 1. The van der Waals surface area contributed by atoms with Gasteiger partial charge in [-0.3, -0.25) is 14.4 Å². The van der Waals surface area contributed by atoms with E-state index in [1.165, 1.54) is 10.6 Å². The smallest absolute Gasteiger partial charge is 0.377 e. The zero-order chi connectivity index (χ0) is 28.9. The van der Waals surface area contributed by atoms with Gasteiger partial charge in [-0.1, -0.05) is 6.92 Å². The number of hydrogen-bond donors (Lipinski definition) is 3. The molecule has 3 aliphatic rings. The summed E-state index contributed by atoms with van der Waals surface area (Å²) in [6.07, 6.45) is -7.93. The highest BCUT2D eigenvalue weighted by Gasteiger charge is 2.46. The fourth-order valence-corrected chi connectivity index (χ4v) is 6.79. The van der Waals surface area contributed by atoms with E-state index in [0.29, 0.717) is 27.6 Å². The lowest BCUT2D eigenvalue weighted by molar-refractivity contribution is -0.205. The molecule has 40 heavy (non-hydrogen) atoms. The largest absolute Gasteiger partial charge is 0.423 e. The van der Waals surface area contributed by atoms with E-state index >= 15 is 0 Å². The summed E-state index contributed by atoms with van der Waals surface area (Å²) >= 11 is 3.25. The van der Waals surface area contributed by atoms with Crippen molar-refractivity contribution in [1.82, 2.24) is 14.9 Å². The van der Waals surface area contributed by atoms with Crippen molar-refractivity contribution in [2.24, 2.45) is 0 Å². The number of rotatable bonds is 3. The number of benzene rings is 1. The molecule has 0 fully saturated rings. The molecule has 1 aromatic carbocycles. The molecule has 2 aromatic heterocycles. The fraction of sp³-hybridized carbons (Fsp3) is 0.407. The third kappa shape index (κ3) is 3.70. The normalized spacial score (nSPS) is 22.1. The number of ketones is 1. The van der Waals surface area contributed by atoms with Crippen molar-refractivity contribution in [2.45, 2.75) is 69.5 Å². The molecule has 3 atom stereocenters. The lowest BCUT2D eigenvalue weighted by Gasteiger charge is -2.32. The first-order valence-corrected chi connectivity index (χ1v) is 13.5. The fourth-order valence-electron chi connectivity index (χ4n) is 6.28. The van der Waals surface area contributed by atoms with Crippen LogP contribution < -0.4 is 10.9 Å². The maximum atomic E-state index is 14.9. The third-order valence-corrected chi connectivity index (χ3v) is 9.15. The highest BCUT2D eigenvalue weighted by molar-refractivity contribution is 9.10. The van der Waals surface area contributed by atoms with Gasteiger partial charge in [0.2, 0.25) is 6.10 Å². The zero-order valence-electron chi connectivity index (χ0n) is 21.0. The van der Waals surface area contributed by atoms with Crippen LogP contribution in [0.2, 0.25) is 0 Å². The van der Waals surface area contributed by atoms with Gasteiger partial charge in [0.1, 0.15) is 11.4 Å². The van der Waals surface area contributed by atoms with Gasteiger partial charge in [-0.2, -0.15) is 13.2 Å². The van der Waals surface area contributed by atoms with E-state index in [2.05, 4.69) is 26.2 Å². The van der Waals surface area contributed by atoms with Crippen molar-refractivity contribution in [3.8, 4) is 11.4 Å². The molecule has 3 aromatic rings. The molecule has 1 aliphatic heterocycles. The number of hydrogen-bond acceptors (Lipinski definition) is 6. The SMILES string of the molecule is CC[C@@]1(O)C(=O)CCc2c1cc1n(c2=O)Cc2c-1nc1cc(F)c(Br)c3c1c2[C@H](NC(=O)C(O)C(F)(F)F)CC3. The predicted octanol–water partition coefficient (Wildman–Crippen LogP) is 3.47. The highest BCUT2D eigenvalue weighted by Crippen LogP contribution is 2.47. The minimum absolute atomic E-state index is 0.00143. The van der Waals surface area contributed by atoms with Gasteiger partial charge in [0.25, 0.3) is 11.5 Å². The number of fused-ring (bicyclic) bond motifs is 5. The van der Waals surface area contributed by atoms with Gasteiger partial charge in [-0.25, -0.2) is 9.37 Å². The lowest BCUT2D eigenvalue weighted by atomic mass is 9.77. The number of carbonyl (C=O) groups is 2. The number of pyridine rings is 2. The van der Waals surface area contributed by atoms with Crippen LogP contribution >= 0.6 is 15.9 Å². The van der Waals surface area contributed by atoms with Crippen LogP contribution in [0.3, 0.4) is 0 Å². The van der Waals surface area contributed by atoms with E-state index in [9.17, 15) is 42.2 Å². The van der Waals surface area contributed by atoms with E-state index in [4.69, 9.17) is 0 Å². The van der Waals surface area contributed by atoms with Crippen molar-refractivity contribution < 1.29 is 37.4 Å². The van der Waals surface area contributed by atoms with Crippen LogP contribution in [0.25, 0.3) is 22.3 Å². The van der Waals surface area contributed by atoms with Crippen molar-refractivity contribution >= 4 is 38.5 Å². The van der Waals surface area contributed by atoms with Crippen LogP contribution in [0.5, 0.6) is 0 Å². The Bertz CT molecular complexity index is 1720. The van der Waals surface area contributed by atoms with Crippen LogP contribution in [-0.2, 0) is 34.6 Å². The average Bonchev–Trinajstić information content (AvgIpc) is 3.27.